The summed E-state index contributed by atoms with van der Waals surface area (Å²) in [4.78, 5) is -1.63. The molecule has 4 nitrogen and oxygen atoms in total. The molecular weight excluding hydrogens is 190 g/mol. The molecule has 1 rings (SSSR count). The van der Waals surface area contributed by atoms with Gasteiger partial charge in [0.1, 0.15) is 0 Å². The van der Waals surface area contributed by atoms with Crippen LogP contribution in [-0.2, 0) is 10.1 Å². The van der Waals surface area contributed by atoms with E-state index in [0.717, 1.165) is 5.57 Å². The zero-order valence-electron chi connectivity index (χ0n) is 7.61. The van der Waals surface area contributed by atoms with Crippen LogP contribution in [0.15, 0.2) is 23.3 Å². The highest BCUT2D eigenvalue weighted by molar-refractivity contribution is 7.87. The lowest BCUT2D eigenvalue weighted by molar-refractivity contribution is 0.439. The van der Waals surface area contributed by atoms with Crippen molar-refractivity contribution in [2.45, 2.75) is 25.1 Å². The van der Waals surface area contributed by atoms with Crippen molar-refractivity contribution in [1.82, 2.24) is 0 Å². The molecule has 0 radical (unpaired) electrons. The minimum absolute atomic E-state index is 0.147. The van der Waals surface area contributed by atoms with Crippen molar-refractivity contribution < 1.29 is 13.0 Å². The van der Waals surface area contributed by atoms with Gasteiger partial charge in [-0.3, -0.25) is 4.55 Å². The molecule has 13 heavy (non-hydrogen) atoms. The Morgan fingerprint density at radius 2 is 2.00 bits per heavy atom. The van der Waals surface area contributed by atoms with Crippen molar-refractivity contribution in [1.29, 1.82) is 0 Å². The van der Waals surface area contributed by atoms with Crippen LogP contribution in [0.25, 0.3) is 0 Å². The van der Waals surface area contributed by atoms with Gasteiger partial charge in [-0.2, -0.15) is 8.42 Å². The first-order valence-electron chi connectivity index (χ1n) is 3.88. The maximum atomic E-state index is 11.0. The predicted octanol–water partition coefficient (Wildman–Crippen LogP) is 0.825. The molecule has 0 aliphatic heterocycles. The Balaban J connectivity index is 3.23. The van der Waals surface area contributed by atoms with Crippen LogP contribution in [-0.4, -0.2) is 17.8 Å². The summed E-state index contributed by atoms with van der Waals surface area (Å²) in [5.74, 6) is 0. The maximum absolute atomic E-state index is 11.0. The van der Waals surface area contributed by atoms with Crippen molar-refractivity contribution in [2.24, 2.45) is 5.73 Å². The third-order valence-corrected chi connectivity index (χ3v) is 3.67. The van der Waals surface area contributed by atoms with Crippen molar-refractivity contribution in [3.8, 4) is 0 Å². The molecule has 0 aromatic carbocycles. The second-order valence-electron chi connectivity index (χ2n) is 3.40. The summed E-state index contributed by atoms with van der Waals surface area (Å²) in [5, 5.41) is 0. The van der Waals surface area contributed by atoms with E-state index in [-0.39, 0.29) is 6.42 Å². The number of nitrogens with two attached hydrogens (primary N) is 1. The average molecular weight is 203 g/mol. The van der Waals surface area contributed by atoms with Crippen molar-refractivity contribution in [2.75, 3.05) is 0 Å². The highest BCUT2D eigenvalue weighted by atomic mass is 32.2. The van der Waals surface area contributed by atoms with Gasteiger partial charge in [-0.25, -0.2) is 0 Å². The van der Waals surface area contributed by atoms with Gasteiger partial charge in [0.2, 0.25) is 0 Å². The largest absolute Gasteiger partial charge is 0.307 e. The molecule has 1 aliphatic rings. The van der Waals surface area contributed by atoms with E-state index in [2.05, 4.69) is 0 Å². The Hall–Kier alpha value is -0.650. The molecule has 0 heterocycles. The van der Waals surface area contributed by atoms with Gasteiger partial charge in [0.15, 0.2) is 4.87 Å². The molecule has 0 aromatic heterocycles. The molecule has 5 heteroatoms. The summed E-state index contributed by atoms with van der Waals surface area (Å²) in [6, 6.07) is 0. The molecule has 0 saturated carbocycles. The van der Waals surface area contributed by atoms with Gasteiger partial charge in [0.25, 0.3) is 10.1 Å². The zero-order chi connectivity index (χ0) is 10.3. The normalized spacial score (nSPS) is 29.5. The summed E-state index contributed by atoms with van der Waals surface area (Å²) >= 11 is 0. The zero-order valence-corrected chi connectivity index (χ0v) is 8.43. The number of hydrogen-bond acceptors (Lipinski definition) is 3. The standard InChI is InChI=1S/C8H13NO3S/c1-6-3-4-7(2)8(9,5-6)13(10,11)12/h3-4H,5,9H2,1-2H3,(H,10,11,12). The fourth-order valence-electron chi connectivity index (χ4n) is 1.32. The van der Waals surface area contributed by atoms with Crippen molar-refractivity contribution >= 4 is 10.1 Å². The first kappa shape index (κ1) is 10.4. The fourth-order valence-corrected chi connectivity index (χ4v) is 2.20. The molecule has 0 amide bonds. The quantitative estimate of drug-likeness (QED) is 0.618. The molecular formula is C8H13NO3S. The lowest BCUT2D eigenvalue weighted by atomic mass is 9.95. The van der Waals surface area contributed by atoms with Gasteiger partial charge in [-0.05, 0) is 19.4 Å². The fraction of sp³-hybridized carbons (Fsp3) is 0.500. The lowest BCUT2D eigenvalue weighted by Crippen LogP contribution is -2.49. The average Bonchev–Trinajstić information content (AvgIpc) is 1.95. The molecule has 0 fully saturated rings. The Bertz CT molecular complexity index is 380. The monoisotopic (exact) mass is 203 g/mol. The summed E-state index contributed by atoms with van der Waals surface area (Å²) in [5.41, 5.74) is 6.92. The first-order chi connectivity index (χ1) is 5.77. The highest BCUT2D eigenvalue weighted by Gasteiger charge is 2.41. The van der Waals surface area contributed by atoms with Crippen LogP contribution < -0.4 is 5.73 Å². The van der Waals surface area contributed by atoms with Gasteiger partial charge in [0, 0.05) is 6.42 Å². The lowest BCUT2D eigenvalue weighted by Gasteiger charge is -2.29. The molecule has 0 spiro atoms. The molecule has 0 aromatic rings. The number of hydrogen-bond donors (Lipinski definition) is 2. The molecule has 0 saturated heterocycles. The SMILES string of the molecule is CC1=CC=C(C)C(N)(S(=O)(=O)O)C1. The Labute approximate surface area is 77.9 Å². The van der Waals surface area contributed by atoms with E-state index in [1.807, 2.05) is 0 Å². The molecule has 3 N–H and O–H groups in total. The predicted molar refractivity (Wildman–Crippen MR) is 50.6 cm³/mol. The van der Waals surface area contributed by atoms with Crippen LogP contribution in [0.1, 0.15) is 20.3 Å². The second kappa shape index (κ2) is 2.94. The smallest absolute Gasteiger partial charge is 0.288 e. The van der Waals surface area contributed by atoms with Crippen LogP contribution in [0, 0.1) is 0 Å². The Morgan fingerprint density at radius 3 is 2.38 bits per heavy atom. The van der Waals surface area contributed by atoms with Crippen LogP contribution in [0.5, 0.6) is 0 Å². The molecule has 74 valence electrons. The van der Waals surface area contributed by atoms with Gasteiger partial charge < -0.3 is 5.73 Å². The third-order valence-electron chi connectivity index (χ3n) is 2.29. The van der Waals surface area contributed by atoms with Crippen LogP contribution in [0.2, 0.25) is 0 Å². The minimum atomic E-state index is -4.24. The molecule has 1 aliphatic carbocycles. The van der Waals surface area contributed by atoms with Gasteiger partial charge >= 0.3 is 0 Å². The van der Waals surface area contributed by atoms with Gasteiger partial charge in [-0.15, -0.1) is 0 Å². The summed E-state index contributed by atoms with van der Waals surface area (Å²) in [6.07, 6.45) is 3.56. The van der Waals surface area contributed by atoms with E-state index in [4.69, 9.17) is 10.3 Å². The first-order valence-corrected chi connectivity index (χ1v) is 5.32. The molecule has 1 unspecified atom stereocenters. The number of allylic oxidation sites excluding steroid dienone is 2. The summed E-state index contributed by atoms with van der Waals surface area (Å²) < 4.78 is 31.0. The Kier molecular flexibility index (Phi) is 2.36. The molecule has 1 atom stereocenters. The summed E-state index contributed by atoms with van der Waals surface area (Å²) in [7, 11) is -4.24. The van der Waals surface area contributed by atoms with E-state index in [0.29, 0.717) is 5.57 Å². The van der Waals surface area contributed by atoms with E-state index < -0.39 is 15.0 Å². The van der Waals surface area contributed by atoms with Crippen molar-refractivity contribution in [3.05, 3.63) is 23.3 Å². The van der Waals surface area contributed by atoms with Crippen LogP contribution >= 0.6 is 0 Å². The van der Waals surface area contributed by atoms with Crippen LogP contribution in [0.4, 0.5) is 0 Å². The van der Waals surface area contributed by atoms with Crippen molar-refractivity contribution in [3.63, 3.8) is 0 Å². The third kappa shape index (κ3) is 1.67. The number of rotatable bonds is 1. The van der Waals surface area contributed by atoms with E-state index in [1.165, 1.54) is 0 Å². The van der Waals surface area contributed by atoms with Gasteiger partial charge in [0.05, 0.1) is 0 Å². The van der Waals surface area contributed by atoms with Crippen LogP contribution in [0.3, 0.4) is 0 Å². The van der Waals surface area contributed by atoms with E-state index in [9.17, 15) is 8.42 Å². The topological polar surface area (TPSA) is 80.4 Å². The maximum Gasteiger partial charge on any atom is 0.288 e. The highest BCUT2D eigenvalue weighted by Crippen LogP contribution is 2.30. The Morgan fingerprint density at radius 1 is 1.46 bits per heavy atom. The van der Waals surface area contributed by atoms with Gasteiger partial charge in [-0.1, -0.05) is 17.7 Å². The van der Waals surface area contributed by atoms with E-state index in [1.54, 1.807) is 26.0 Å². The minimum Gasteiger partial charge on any atom is -0.307 e. The second-order valence-corrected chi connectivity index (χ2v) is 5.08. The van der Waals surface area contributed by atoms with E-state index >= 15 is 0 Å². The summed E-state index contributed by atoms with van der Waals surface area (Å²) in [6.45, 7) is 3.37. The molecule has 0 bridgehead atoms.